The molecule has 3 aromatic carbocycles. The summed E-state index contributed by atoms with van der Waals surface area (Å²) in [5.41, 5.74) is 4.89. The molecule has 32 heavy (non-hydrogen) atoms. The molecular formula is C25H25IN2O4. The van der Waals surface area contributed by atoms with Crippen LogP contribution < -0.4 is 19.6 Å². The van der Waals surface area contributed by atoms with Crippen LogP contribution in [0.2, 0.25) is 0 Å². The number of amides is 1. The van der Waals surface area contributed by atoms with Gasteiger partial charge in [0.15, 0.2) is 11.5 Å². The minimum Gasteiger partial charge on any atom is -0.494 e. The van der Waals surface area contributed by atoms with E-state index in [2.05, 4.69) is 33.1 Å². The van der Waals surface area contributed by atoms with Crippen LogP contribution in [0.25, 0.3) is 0 Å². The van der Waals surface area contributed by atoms with Gasteiger partial charge < -0.3 is 14.2 Å². The predicted octanol–water partition coefficient (Wildman–Crippen LogP) is 5.43. The van der Waals surface area contributed by atoms with E-state index in [1.165, 1.54) is 3.57 Å². The molecule has 0 heterocycles. The lowest BCUT2D eigenvalue weighted by Crippen LogP contribution is -2.17. The predicted molar refractivity (Wildman–Crippen MR) is 134 cm³/mol. The first-order chi connectivity index (χ1) is 15.6. The van der Waals surface area contributed by atoms with E-state index in [4.69, 9.17) is 14.2 Å². The van der Waals surface area contributed by atoms with Crippen LogP contribution in [-0.4, -0.2) is 25.3 Å². The number of carbonyl (C=O) groups is 1. The van der Waals surface area contributed by atoms with Crippen LogP contribution >= 0.6 is 22.6 Å². The molecule has 0 bridgehead atoms. The average Bonchev–Trinajstić information content (AvgIpc) is 2.80. The van der Waals surface area contributed by atoms with Crippen LogP contribution in [0.5, 0.6) is 17.2 Å². The summed E-state index contributed by atoms with van der Waals surface area (Å²) >= 11 is 2.27. The van der Waals surface area contributed by atoms with Crippen LogP contribution in [-0.2, 0) is 6.61 Å². The van der Waals surface area contributed by atoms with Gasteiger partial charge in [-0.3, -0.25) is 4.79 Å². The number of ether oxygens (including phenoxy) is 3. The van der Waals surface area contributed by atoms with Crippen LogP contribution in [0.1, 0.15) is 35.3 Å². The molecule has 0 saturated carbocycles. The molecule has 3 rings (SSSR count). The Bertz CT molecular complexity index is 1050. The van der Waals surface area contributed by atoms with Crippen molar-refractivity contribution in [2.24, 2.45) is 5.10 Å². The van der Waals surface area contributed by atoms with Crippen LogP contribution in [0.15, 0.2) is 71.8 Å². The van der Waals surface area contributed by atoms with Crippen molar-refractivity contribution in [1.29, 1.82) is 0 Å². The van der Waals surface area contributed by atoms with Gasteiger partial charge >= 0.3 is 0 Å². The average molecular weight is 544 g/mol. The fourth-order valence-corrected chi connectivity index (χ4v) is 3.19. The second-order valence-electron chi connectivity index (χ2n) is 6.71. The summed E-state index contributed by atoms with van der Waals surface area (Å²) < 4.78 is 18.2. The van der Waals surface area contributed by atoms with Crippen molar-refractivity contribution in [3.63, 3.8) is 0 Å². The van der Waals surface area contributed by atoms with E-state index in [-0.39, 0.29) is 5.91 Å². The Labute approximate surface area is 201 Å². The van der Waals surface area contributed by atoms with Gasteiger partial charge in [0, 0.05) is 9.13 Å². The molecule has 166 valence electrons. The molecule has 6 nitrogen and oxygen atoms in total. The Balaban J connectivity index is 1.61. The molecule has 0 atom stereocenters. The highest BCUT2D eigenvalue weighted by atomic mass is 127. The Hall–Kier alpha value is -3.07. The molecule has 0 aliphatic carbocycles. The van der Waals surface area contributed by atoms with Crippen molar-refractivity contribution in [2.45, 2.75) is 20.5 Å². The number of hydrazone groups is 1. The lowest BCUT2D eigenvalue weighted by atomic mass is 10.2. The van der Waals surface area contributed by atoms with Gasteiger partial charge in [0.2, 0.25) is 0 Å². The van der Waals surface area contributed by atoms with Crippen molar-refractivity contribution in [3.05, 3.63) is 87.0 Å². The highest BCUT2D eigenvalue weighted by Crippen LogP contribution is 2.29. The van der Waals surface area contributed by atoms with Crippen LogP contribution in [0, 0.1) is 3.57 Å². The summed E-state index contributed by atoms with van der Waals surface area (Å²) in [6, 6.07) is 20.6. The van der Waals surface area contributed by atoms with E-state index in [1.54, 1.807) is 30.5 Å². The van der Waals surface area contributed by atoms with Gasteiger partial charge in [-0.25, -0.2) is 5.43 Å². The van der Waals surface area contributed by atoms with E-state index in [9.17, 15) is 4.79 Å². The summed E-state index contributed by atoms with van der Waals surface area (Å²) in [5.74, 6) is 1.70. The van der Waals surface area contributed by atoms with Gasteiger partial charge in [0.25, 0.3) is 5.91 Å². The number of hydrogen-bond acceptors (Lipinski definition) is 5. The van der Waals surface area contributed by atoms with Gasteiger partial charge in [0.05, 0.1) is 19.4 Å². The number of hydrogen-bond donors (Lipinski definition) is 1. The summed E-state index contributed by atoms with van der Waals surface area (Å²) in [6.45, 7) is 5.36. The smallest absolute Gasteiger partial charge is 0.271 e. The van der Waals surface area contributed by atoms with Crippen molar-refractivity contribution in [2.75, 3.05) is 13.2 Å². The first-order valence-electron chi connectivity index (χ1n) is 10.3. The summed E-state index contributed by atoms with van der Waals surface area (Å²) in [6.07, 6.45) is 1.57. The fraction of sp³-hybridized carbons (Fsp3) is 0.200. The van der Waals surface area contributed by atoms with E-state index in [1.807, 2.05) is 56.3 Å². The standard InChI is InChI=1S/C25H25IN2O4/c1-3-30-22-12-8-20(9-13-22)25(29)28-27-16-19-7-14-23(24(15-19)31-4-2)32-17-18-5-10-21(26)11-6-18/h5-16H,3-4,17H2,1-2H3,(H,28,29)/b27-16+. The molecule has 0 saturated heterocycles. The zero-order valence-corrected chi connectivity index (χ0v) is 20.2. The van der Waals surface area contributed by atoms with Gasteiger partial charge in [0.1, 0.15) is 12.4 Å². The third-order valence-corrected chi connectivity index (χ3v) is 5.10. The largest absolute Gasteiger partial charge is 0.494 e. The molecule has 0 radical (unpaired) electrons. The number of nitrogens with zero attached hydrogens (tertiary/aromatic N) is 1. The number of rotatable bonds is 10. The zero-order chi connectivity index (χ0) is 22.8. The van der Waals surface area contributed by atoms with Crippen molar-refractivity contribution < 1.29 is 19.0 Å². The highest BCUT2D eigenvalue weighted by Gasteiger charge is 2.08. The minimum absolute atomic E-state index is 0.299. The maximum atomic E-state index is 12.3. The molecule has 0 spiro atoms. The Morgan fingerprint density at radius 1 is 0.906 bits per heavy atom. The zero-order valence-electron chi connectivity index (χ0n) is 18.0. The first kappa shape index (κ1) is 23.6. The van der Waals surface area contributed by atoms with Crippen molar-refractivity contribution in [3.8, 4) is 17.2 Å². The summed E-state index contributed by atoms with van der Waals surface area (Å²) in [7, 11) is 0. The molecule has 0 unspecified atom stereocenters. The lowest BCUT2D eigenvalue weighted by Gasteiger charge is -2.12. The number of halogens is 1. The maximum Gasteiger partial charge on any atom is 0.271 e. The molecule has 0 aliphatic rings. The third kappa shape index (κ3) is 6.98. The second-order valence-corrected chi connectivity index (χ2v) is 7.96. The molecular weight excluding hydrogens is 519 g/mol. The molecule has 7 heteroatoms. The normalized spacial score (nSPS) is 10.7. The van der Waals surface area contributed by atoms with Gasteiger partial charge in [-0.1, -0.05) is 12.1 Å². The van der Waals surface area contributed by atoms with Gasteiger partial charge in [-0.15, -0.1) is 0 Å². The van der Waals surface area contributed by atoms with E-state index < -0.39 is 0 Å². The van der Waals surface area contributed by atoms with Crippen LogP contribution in [0.3, 0.4) is 0 Å². The molecule has 0 fully saturated rings. The molecule has 0 aromatic heterocycles. The third-order valence-electron chi connectivity index (χ3n) is 4.38. The van der Waals surface area contributed by atoms with E-state index >= 15 is 0 Å². The Morgan fingerprint density at radius 3 is 2.31 bits per heavy atom. The number of benzene rings is 3. The van der Waals surface area contributed by atoms with Crippen molar-refractivity contribution >= 4 is 34.7 Å². The monoisotopic (exact) mass is 544 g/mol. The van der Waals surface area contributed by atoms with E-state index in [0.717, 1.165) is 16.9 Å². The summed E-state index contributed by atoms with van der Waals surface area (Å²) in [4.78, 5) is 12.3. The van der Waals surface area contributed by atoms with Gasteiger partial charge in [-0.05, 0) is 102 Å². The van der Waals surface area contributed by atoms with E-state index in [0.29, 0.717) is 36.9 Å². The fourth-order valence-electron chi connectivity index (χ4n) is 2.83. The van der Waals surface area contributed by atoms with Gasteiger partial charge in [-0.2, -0.15) is 5.10 Å². The Kier molecular flexibility index (Phi) is 8.91. The molecule has 3 aromatic rings. The second kappa shape index (κ2) is 12.1. The molecule has 1 amide bonds. The topological polar surface area (TPSA) is 69.2 Å². The first-order valence-corrected chi connectivity index (χ1v) is 11.4. The Morgan fingerprint density at radius 2 is 1.62 bits per heavy atom. The lowest BCUT2D eigenvalue weighted by molar-refractivity contribution is 0.0955. The minimum atomic E-state index is -0.299. The van der Waals surface area contributed by atoms with Crippen LogP contribution in [0.4, 0.5) is 0 Å². The molecule has 0 aliphatic heterocycles. The number of nitrogens with one attached hydrogen (secondary N) is 1. The molecule has 1 N–H and O–H groups in total. The summed E-state index contributed by atoms with van der Waals surface area (Å²) in [5, 5.41) is 4.06. The SMILES string of the molecule is CCOc1ccc(C(=O)N/N=C/c2ccc(OCc3ccc(I)cc3)c(OCC)c2)cc1. The number of carbonyl (C=O) groups excluding carboxylic acids is 1. The van der Waals surface area contributed by atoms with Crippen molar-refractivity contribution in [1.82, 2.24) is 5.43 Å². The maximum absolute atomic E-state index is 12.3. The quantitative estimate of drug-likeness (QED) is 0.210. The highest BCUT2D eigenvalue weighted by molar-refractivity contribution is 14.1.